The minimum atomic E-state index is -4.45. The maximum absolute atomic E-state index is 13.1. The Hall–Kier alpha value is -1.93. The number of hydrogen-bond donors (Lipinski definition) is 2. The van der Waals surface area contributed by atoms with Crippen LogP contribution in [0.25, 0.3) is 11.3 Å². The van der Waals surface area contributed by atoms with E-state index in [0.717, 1.165) is 12.3 Å². The molecule has 0 bridgehead atoms. The normalized spacial score (nSPS) is 12.1. The minimum absolute atomic E-state index is 0.0256. The predicted octanol–water partition coefficient (Wildman–Crippen LogP) is 1.88. The maximum atomic E-state index is 13.1. The Labute approximate surface area is 120 Å². The zero-order valence-electron chi connectivity index (χ0n) is 11.5. The predicted molar refractivity (Wildman–Crippen MR) is 72.2 cm³/mol. The molecule has 2 aromatic rings. The van der Waals surface area contributed by atoms with Crippen molar-refractivity contribution in [3.05, 3.63) is 35.8 Å². The Balaban J connectivity index is 2.38. The average Bonchev–Trinajstić information content (AvgIpc) is 2.86. The highest BCUT2D eigenvalue weighted by Crippen LogP contribution is 2.36. The van der Waals surface area contributed by atoms with Crippen molar-refractivity contribution in [2.75, 3.05) is 20.1 Å². The minimum Gasteiger partial charge on any atom is -0.329 e. The van der Waals surface area contributed by atoms with Crippen molar-refractivity contribution in [1.29, 1.82) is 0 Å². The van der Waals surface area contributed by atoms with E-state index in [1.54, 1.807) is 6.20 Å². The summed E-state index contributed by atoms with van der Waals surface area (Å²) in [5, 5.41) is 6.57. The molecule has 21 heavy (non-hydrogen) atoms. The molecule has 0 amide bonds. The van der Waals surface area contributed by atoms with Crippen LogP contribution in [0.4, 0.5) is 13.2 Å². The number of nitrogens with two attached hydrogens (primary N) is 1. The highest BCUT2D eigenvalue weighted by molar-refractivity contribution is 5.66. The monoisotopic (exact) mass is 299 g/mol. The van der Waals surface area contributed by atoms with E-state index in [9.17, 15) is 13.2 Å². The molecule has 0 saturated carbocycles. The molecule has 0 fully saturated rings. The van der Waals surface area contributed by atoms with Gasteiger partial charge in [-0.05, 0) is 13.1 Å². The van der Waals surface area contributed by atoms with Crippen molar-refractivity contribution in [3.8, 4) is 11.3 Å². The summed E-state index contributed by atoms with van der Waals surface area (Å²) in [6.45, 7) is 1.57. The fraction of sp³-hybridized carbons (Fsp3) is 0.385. The molecule has 8 heteroatoms. The Morgan fingerprint density at radius 3 is 2.81 bits per heavy atom. The Morgan fingerprint density at radius 1 is 1.38 bits per heavy atom. The maximum Gasteiger partial charge on any atom is 0.417 e. The molecule has 0 atom stereocenters. The Kier molecular flexibility index (Phi) is 4.59. The summed E-state index contributed by atoms with van der Waals surface area (Å²) in [6.07, 6.45) is -0.544. The van der Waals surface area contributed by atoms with E-state index in [1.807, 2.05) is 11.9 Å². The summed E-state index contributed by atoms with van der Waals surface area (Å²) in [6, 6.07) is 0.956. The molecule has 2 aromatic heterocycles. The molecule has 0 aromatic carbocycles. The first kappa shape index (κ1) is 15.5. The molecule has 3 N–H and O–H groups in total. The molecule has 0 aliphatic heterocycles. The average molecular weight is 299 g/mol. The van der Waals surface area contributed by atoms with Crippen molar-refractivity contribution < 1.29 is 13.2 Å². The molecule has 5 nitrogen and oxygen atoms in total. The Morgan fingerprint density at radius 2 is 2.14 bits per heavy atom. The first-order valence-electron chi connectivity index (χ1n) is 6.36. The highest BCUT2D eigenvalue weighted by atomic mass is 19.4. The van der Waals surface area contributed by atoms with Gasteiger partial charge in [0.15, 0.2) is 0 Å². The van der Waals surface area contributed by atoms with E-state index in [0.29, 0.717) is 25.2 Å². The summed E-state index contributed by atoms with van der Waals surface area (Å²) >= 11 is 0. The van der Waals surface area contributed by atoms with Crippen molar-refractivity contribution in [2.24, 2.45) is 5.73 Å². The van der Waals surface area contributed by atoms with E-state index in [-0.39, 0.29) is 11.3 Å². The van der Waals surface area contributed by atoms with E-state index < -0.39 is 11.7 Å². The zero-order valence-corrected chi connectivity index (χ0v) is 11.5. The van der Waals surface area contributed by atoms with Gasteiger partial charge in [-0.2, -0.15) is 18.3 Å². The van der Waals surface area contributed by atoms with E-state index in [4.69, 9.17) is 5.73 Å². The van der Waals surface area contributed by atoms with Gasteiger partial charge in [0.25, 0.3) is 0 Å². The van der Waals surface area contributed by atoms with Gasteiger partial charge in [-0.3, -0.25) is 10.1 Å². The van der Waals surface area contributed by atoms with Crippen LogP contribution in [0.3, 0.4) is 0 Å². The molecule has 0 aliphatic carbocycles. The van der Waals surface area contributed by atoms with E-state index in [2.05, 4.69) is 15.2 Å². The van der Waals surface area contributed by atoms with Gasteiger partial charge in [0.1, 0.15) is 0 Å². The van der Waals surface area contributed by atoms with Gasteiger partial charge in [-0.15, -0.1) is 0 Å². The van der Waals surface area contributed by atoms with Crippen molar-refractivity contribution in [2.45, 2.75) is 12.7 Å². The SMILES string of the molecule is CN(CCN)Cc1c[nH]nc1-c1cnccc1C(F)(F)F. The lowest BCUT2D eigenvalue weighted by atomic mass is 10.0. The van der Waals surface area contributed by atoms with Gasteiger partial charge >= 0.3 is 6.18 Å². The number of pyridine rings is 1. The van der Waals surface area contributed by atoms with Crippen LogP contribution in [-0.4, -0.2) is 40.2 Å². The van der Waals surface area contributed by atoms with E-state index >= 15 is 0 Å². The Bertz CT molecular complexity index is 593. The zero-order chi connectivity index (χ0) is 15.5. The number of H-pyrrole nitrogens is 1. The molecule has 2 rings (SSSR count). The third kappa shape index (κ3) is 3.59. The molecule has 0 saturated heterocycles. The second-order valence-corrected chi connectivity index (χ2v) is 4.70. The van der Waals surface area contributed by atoms with Gasteiger partial charge in [0.05, 0.1) is 11.3 Å². The largest absolute Gasteiger partial charge is 0.417 e. The summed E-state index contributed by atoms with van der Waals surface area (Å²) in [4.78, 5) is 5.70. The number of rotatable bonds is 5. The van der Waals surface area contributed by atoms with Crippen LogP contribution in [0.2, 0.25) is 0 Å². The van der Waals surface area contributed by atoms with Gasteiger partial charge in [-0.25, -0.2) is 0 Å². The second-order valence-electron chi connectivity index (χ2n) is 4.70. The molecule has 0 unspecified atom stereocenters. The van der Waals surface area contributed by atoms with Crippen LogP contribution < -0.4 is 5.73 Å². The first-order valence-corrected chi connectivity index (χ1v) is 6.36. The molecule has 0 aliphatic rings. The summed E-state index contributed by atoms with van der Waals surface area (Å²) in [5.74, 6) is 0. The van der Waals surface area contributed by atoms with Crippen molar-refractivity contribution in [3.63, 3.8) is 0 Å². The number of nitrogens with zero attached hydrogens (tertiary/aromatic N) is 3. The number of aromatic nitrogens is 3. The van der Waals surface area contributed by atoms with Crippen molar-refractivity contribution >= 4 is 0 Å². The molecule has 114 valence electrons. The number of likely N-dealkylation sites (N-methyl/N-ethyl adjacent to an activating group) is 1. The molecular formula is C13H16F3N5. The van der Waals surface area contributed by atoms with Crippen molar-refractivity contribution in [1.82, 2.24) is 20.1 Å². The van der Waals surface area contributed by atoms with Gasteiger partial charge in [0, 0.05) is 49.4 Å². The van der Waals surface area contributed by atoms with Gasteiger partial charge < -0.3 is 10.6 Å². The summed E-state index contributed by atoms with van der Waals surface area (Å²) in [5.41, 5.74) is 5.63. The fourth-order valence-electron chi connectivity index (χ4n) is 2.09. The topological polar surface area (TPSA) is 70.8 Å². The lowest BCUT2D eigenvalue weighted by Gasteiger charge is -2.16. The van der Waals surface area contributed by atoms with Gasteiger partial charge in [0.2, 0.25) is 0 Å². The smallest absolute Gasteiger partial charge is 0.329 e. The lowest BCUT2D eigenvalue weighted by Crippen LogP contribution is -2.25. The number of alkyl halides is 3. The fourth-order valence-corrected chi connectivity index (χ4v) is 2.09. The van der Waals surface area contributed by atoms with E-state index in [1.165, 1.54) is 6.20 Å². The van der Waals surface area contributed by atoms with Crippen LogP contribution in [0.5, 0.6) is 0 Å². The number of nitrogens with one attached hydrogen (secondary N) is 1. The molecule has 0 spiro atoms. The van der Waals surface area contributed by atoms with Crippen LogP contribution in [-0.2, 0) is 12.7 Å². The number of halogens is 3. The number of hydrogen-bond acceptors (Lipinski definition) is 4. The third-order valence-corrected chi connectivity index (χ3v) is 3.05. The highest BCUT2D eigenvalue weighted by Gasteiger charge is 2.34. The van der Waals surface area contributed by atoms with Crippen LogP contribution in [0.1, 0.15) is 11.1 Å². The standard InChI is InChI=1S/C13H16F3N5/c1-21(5-3-17)8-9-6-19-20-12(9)10-7-18-4-2-11(10)13(14,15)16/h2,4,6-7H,3,5,8,17H2,1H3,(H,19,20). The first-order chi connectivity index (χ1) is 9.93. The molecule has 0 radical (unpaired) electrons. The van der Waals surface area contributed by atoms with Crippen LogP contribution >= 0.6 is 0 Å². The molecular weight excluding hydrogens is 283 g/mol. The van der Waals surface area contributed by atoms with Crippen LogP contribution in [0, 0.1) is 0 Å². The lowest BCUT2D eigenvalue weighted by molar-refractivity contribution is -0.137. The third-order valence-electron chi connectivity index (χ3n) is 3.05. The summed E-state index contributed by atoms with van der Waals surface area (Å²) < 4.78 is 39.2. The molecule has 2 heterocycles. The second kappa shape index (κ2) is 6.23. The summed E-state index contributed by atoms with van der Waals surface area (Å²) in [7, 11) is 1.84. The van der Waals surface area contributed by atoms with Crippen LogP contribution in [0.15, 0.2) is 24.7 Å². The number of aromatic amines is 1. The quantitative estimate of drug-likeness (QED) is 0.884. The van der Waals surface area contributed by atoms with Gasteiger partial charge in [-0.1, -0.05) is 0 Å².